The summed E-state index contributed by atoms with van der Waals surface area (Å²) in [6.07, 6.45) is 1.66. The third-order valence-corrected chi connectivity index (χ3v) is 7.61. The van der Waals surface area contributed by atoms with Gasteiger partial charge in [-0.25, -0.2) is 0 Å². The fourth-order valence-electron chi connectivity index (χ4n) is 4.86. The maximum atomic E-state index is 13.0. The molecule has 0 saturated carbocycles. The van der Waals surface area contributed by atoms with Crippen molar-refractivity contribution in [2.24, 2.45) is 5.41 Å². The first-order chi connectivity index (χ1) is 16.9. The molecular weight excluding hydrogens is 455 g/mol. The van der Waals surface area contributed by atoms with Gasteiger partial charge < -0.3 is 18.8 Å². The summed E-state index contributed by atoms with van der Waals surface area (Å²) in [5.74, 6) is -1.37. The summed E-state index contributed by atoms with van der Waals surface area (Å²) in [4.78, 5) is 26.1. The molecule has 0 atom stereocenters. The molecule has 1 aliphatic carbocycles. The lowest BCUT2D eigenvalue weighted by molar-refractivity contribution is -0.164. The van der Waals surface area contributed by atoms with Crippen molar-refractivity contribution in [2.45, 2.75) is 52.2 Å². The molecule has 0 amide bonds. The topological polar surface area (TPSA) is 71.1 Å². The molecule has 2 aromatic rings. The van der Waals surface area contributed by atoms with Crippen molar-refractivity contribution in [2.75, 3.05) is 14.2 Å². The number of fused-ring (bicyclic) bond motifs is 1. The first kappa shape index (κ1) is 25.9. The highest BCUT2D eigenvalue weighted by molar-refractivity contribution is 6.69. The van der Waals surface area contributed by atoms with E-state index in [9.17, 15) is 9.59 Å². The highest BCUT2D eigenvalue weighted by Gasteiger charge is 2.56. The van der Waals surface area contributed by atoms with Crippen molar-refractivity contribution >= 4 is 35.3 Å². The summed E-state index contributed by atoms with van der Waals surface area (Å²) >= 11 is 0. The van der Waals surface area contributed by atoms with Crippen LogP contribution in [0.15, 0.2) is 71.8 Å². The van der Waals surface area contributed by atoms with Crippen molar-refractivity contribution in [3.63, 3.8) is 0 Å². The summed E-state index contributed by atoms with van der Waals surface area (Å²) in [5.41, 5.74) is 0.953. The molecule has 1 heterocycles. The van der Waals surface area contributed by atoms with Crippen LogP contribution in [-0.2, 0) is 28.4 Å². The molecule has 2 aromatic carbocycles. The largest absolute Gasteiger partial charge is 0.495 e. The molecule has 6 nitrogen and oxygen atoms in total. The molecule has 2 aliphatic rings. The number of benzene rings is 2. The van der Waals surface area contributed by atoms with Gasteiger partial charge in [0.25, 0.3) is 0 Å². The molecular formula is C29H33BO6. The van der Waals surface area contributed by atoms with Gasteiger partial charge in [-0.2, -0.15) is 0 Å². The van der Waals surface area contributed by atoms with Crippen molar-refractivity contribution in [3.05, 3.63) is 77.4 Å². The first-order valence-electron chi connectivity index (χ1n) is 12.0. The van der Waals surface area contributed by atoms with E-state index in [1.165, 1.54) is 14.2 Å². The number of carbonyl (C=O) groups is 2. The van der Waals surface area contributed by atoms with Crippen LogP contribution in [-0.4, -0.2) is 44.5 Å². The average molecular weight is 488 g/mol. The number of esters is 2. The number of hydrogen-bond donors (Lipinski definition) is 0. The minimum absolute atomic E-state index is 0.0424. The molecule has 0 aromatic heterocycles. The Hall–Kier alpha value is -3.16. The molecule has 0 N–H and O–H groups in total. The number of ether oxygens (including phenoxy) is 2. The van der Waals surface area contributed by atoms with E-state index >= 15 is 0 Å². The molecule has 0 bridgehead atoms. The van der Waals surface area contributed by atoms with Crippen molar-refractivity contribution in [1.82, 2.24) is 0 Å². The molecule has 1 saturated heterocycles. The van der Waals surface area contributed by atoms with Crippen LogP contribution >= 0.6 is 0 Å². The highest BCUT2D eigenvalue weighted by Crippen LogP contribution is 2.50. The summed E-state index contributed by atoms with van der Waals surface area (Å²) in [6.45, 7) is 14.0. The average Bonchev–Trinajstić information content (AvgIpc) is 3.33. The van der Waals surface area contributed by atoms with Crippen LogP contribution in [0.1, 0.15) is 46.6 Å². The molecule has 36 heavy (non-hydrogen) atoms. The summed E-state index contributed by atoms with van der Waals surface area (Å²) in [6, 6.07) is 14.2. The molecule has 7 heteroatoms. The Morgan fingerprint density at radius 3 is 2.00 bits per heavy atom. The standard InChI is InChI=1S/C29H33BO6/c1-18(2)22-16-29(25(31)33-7,26(32)34-8)17-23(22)24(30-35-27(3,4)28(5,6)36-30)21-14-13-19-11-9-10-12-20(19)15-21/h9-16H,1,17H2,2-8H3/b24-23-. The lowest BCUT2D eigenvalue weighted by atomic mass is 9.68. The van der Waals surface area contributed by atoms with Gasteiger partial charge in [-0.1, -0.05) is 48.6 Å². The van der Waals surface area contributed by atoms with Crippen LogP contribution in [0.5, 0.6) is 0 Å². The molecule has 0 radical (unpaired) electrons. The number of methoxy groups -OCH3 is 2. The minimum atomic E-state index is -1.63. The second-order valence-electron chi connectivity index (χ2n) is 10.5. The zero-order chi connectivity index (χ0) is 26.5. The first-order valence-corrected chi connectivity index (χ1v) is 12.0. The van der Waals surface area contributed by atoms with Crippen LogP contribution in [0.4, 0.5) is 0 Å². The van der Waals surface area contributed by atoms with Gasteiger partial charge in [-0.05, 0) is 79.7 Å². The fraction of sp³-hybridized carbons (Fsp3) is 0.379. The van der Waals surface area contributed by atoms with Crippen LogP contribution in [0.3, 0.4) is 0 Å². The van der Waals surface area contributed by atoms with Crippen molar-refractivity contribution < 1.29 is 28.4 Å². The monoisotopic (exact) mass is 488 g/mol. The second kappa shape index (κ2) is 9.05. The number of allylic oxidation sites excluding steroid dienone is 3. The Morgan fingerprint density at radius 1 is 0.917 bits per heavy atom. The number of rotatable bonds is 5. The quantitative estimate of drug-likeness (QED) is 0.316. The van der Waals surface area contributed by atoms with E-state index in [2.05, 4.69) is 18.7 Å². The SMILES string of the molecule is C=C(C)C1=CC(C(=O)OC)(C(=O)OC)C/C1=C(/B1OC(C)(C)C(C)(C)O1)c1ccc2ccccc2c1. The lowest BCUT2D eigenvalue weighted by Gasteiger charge is -2.32. The van der Waals surface area contributed by atoms with Gasteiger partial charge in [0, 0.05) is 6.42 Å². The van der Waals surface area contributed by atoms with Gasteiger partial charge in [-0.15, -0.1) is 0 Å². The van der Waals surface area contributed by atoms with E-state index in [-0.39, 0.29) is 6.42 Å². The summed E-state index contributed by atoms with van der Waals surface area (Å²) in [5, 5.41) is 2.15. The van der Waals surface area contributed by atoms with Gasteiger partial charge in [-0.3, -0.25) is 9.59 Å². The maximum Gasteiger partial charge on any atom is 0.495 e. The van der Waals surface area contributed by atoms with Gasteiger partial charge in [0.1, 0.15) is 0 Å². The van der Waals surface area contributed by atoms with E-state index in [1.54, 1.807) is 6.08 Å². The summed E-state index contributed by atoms with van der Waals surface area (Å²) < 4.78 is 23.2. The Morgan fingerprint density at radius 2 is 1.47 bits per heavy atom. The van der Waals surface area contributed by atoms with Gasteiger partial charge in [0.15, 0.2) is 5.41 Å². The normalized spacial score (nSPS) is 21.2. The van der Waals surface area contributed by atoms with E-state index in [4.69, 9.17) is 18.8 Å². The van der Waals surface area contributed by atoms with Gasteiger partial charge in [0.2, 0.25) is 0 Å². The lowest BCUT2D eigenvalue weighted by Crippen LogP contribution is -2.41. The van der Waals surface area contributed by atoms with Crippen molar-refractivity contribution in [3.8, 4) is 0 Å². The van der Waals surface area contributed by atoms with E-state index in [0.717, 1.165) is 27.4 Å². The second-order valence-corrected chi connectivity index (χ2v) is 10.5. The van der Waals surface area contributed by atoms with Crippen molar-refractivity contribution in [1.29, 1.82) is 0 Å². The fourth-order valence-corrected chi connectivity index (χ4v) is 4.86. The van der Waals surface area contributed by atoms with E-state index in [1.807, 2.05) is 65.0 Å². The zero-order valence-corrected chi connectivity index (χ0v) is 22.1. The van der Waals surface area contributed by atoms with Gasteiger partial charge in [0.05, 0.1) is 25.4 Å². The predicted octanol–water partition coefficient (Wildman–Crippen LogP) is 5.46. The summed E-state index contributed by atoms with van der Waals surface area (Å²) in [7, 11) is 1.79. The van der Waals surface area contributed by atoms with Gasteiger partial charge >= 0.3 is 19.1 Å². The Labute approximate surface area is 213 Å². The number of carbonyl (C=O) groups excluding carboxylic acids is 2. The molecule has 188 valence electrons. The Balaban J connectivity index is 2.01. The maximum absolute atomic E-state index is 13.0. The van der Waals surface area contributed by atoms with Crippen LogP contribution in [0.25, 0.3) is 16.2 Å². The van der Waals surface area contributed by atoms with E-state index < -0.39 is 35.7 Å². The minimum Gasteiger partial charge on any atom is -0.468 e. The number of hydrogen-bond acceptors (Lipinski definition) is 6. The smallest absolute Gasteiger partial charge is 0.468 e. The third-order valence-electron chi connectivity index (χ3n) is 7.61. The van der Waals surface area contributed by atoms with Crippen LogP contribution in [0, 0.1) is 5.41 Å². The predicted molar refractivity (Wildman–Crippen MR) is 141 cm³/mol. The Kier molecular flexibility index (Phi) is 6.52. The molecule has 0 unspecified atom stereocenters. The molecule has 1 fully saturated rings. The Bertz CT molecular complexity index is 1280. The van der Waals surface area contributed by atoms with E-state index in [0.29, 0.717) is 11.1 Å². The third kappa shape index (κ3) is 4.10. The highest BCUT2D eigenvalue weighted by atomic mass is 16.7. The van der Waals surface area contributed by atoms with Crippen LogP contribution < -0.4 is 0 Å². The zero-order valence-electron chi connectivity index (χ0n) is 22.1. The molecule has 0 spiro atoms. The molecule has 4 rings (SSSR count). The molecule has 1 aliphatic heterocycles. The van der Waals surface area contributed by atoms with Crippen LogP contribution in [0.2, 0.25) is 0 Å².